The van der Waals surface area contributed by atoms with Crippen molar-refractivity contribution in [3.8, 4) is 0 Å². The van der Waals surface area contributed by atoms with Crippen LogP contribution in [0.2, 0.25) is 0 Å². The first-order valence-corrected chi connectivity index (χ1v) is 6.53. The number of carbonyl (C=O) groups excluding carboxylic acids is 1. The predicted molar refractivity (Wildman–Crippen MR) is 68.8 cm³/mol. The average Bonchev–Trinajstić information content (AvgIpc) is 2.35. The number of aliphatic hydroxyl groups is 1. The fraction of sp³-hybridized carbons (Fsp3) is 0.833. The summed E-state index contributed by atoms with van der Waals surface area (Å²) < 4.78 is 0. The quantitative estimate of drug-likeness (QED) is 0.328. The molecule has 0 radical (unpaired) electrons. The molecule has 5 N–H and O–H groups in total. The summed E-state index contributed by atoms with van der Waals surface area (Å²) >= 11 is 0. The second kappa shape index (κ2) is 8.85. The van der Waals surface area contributed by atoms with Crippen LogP contribution in [0, 0.1) is 11.8 Å². The van der Waals surface area contributed by atoms with Gasteiger partial charge in [-0.1, -0.05) is 20.8 Å². The Kier molecular flexibility index (Phi) is 8.31. The van der Waals surface area contributed by atoms with E-state index in [1.165, 1.54) is 7.11 Å². The Labute approximate surface area is 118 Å². The summed E-state index contributed by atoms with van der Waals surface area (Å²) in [6.45, 7) is 4.84. The largest absolute Gasteiger partial charge is 0.481 e. The van der Waals surface area contributed by atoms with E-state index in [9.17, 15) is 14.7 Å². The minimum Gasteiger partial charge on any atom is -0.481 e. The number of carboxylic acids is 1. The smallest absolute Gasteiger partial charge is 0.309 e. The SMILES string of the molecule is CCC(C(=O)O)C(O)C(NC(=O)C[NH+](O)OC)C(C)C. The van der Waals surface area contributed by atoms with Crippen LogP contribution in [0.5, 0.6) is 0 Å². The van der Waals surface area contributed by atoms with Crippen LogP contribution < -0.4 is 10.5 Å². The molecule has 0 rings (SSSR count). The van der Waals surface area contributed by atoms with Gasteiger partial charge < -0.3 is 15.5 Å². The number of quaternary nitrogens is 1. The molecular formula is C12H25N2O6+. The molecule has 0 fully saturated rings. The minimum atomic E-state index is -1.20. The number of hydrogen-bond acceptors (Lipinski definition) is 5. The molecule has 0 bridgehead atoms. The van der Waals surface area contributed by atoms with Crippen LogP contribution >= 0.6 is 0 Å². The van der Waals surface area contributed by atoms with Crippen molar-refractivity contribution in [2.45, 2.75) is 39.3 Å². The third-order valence-electron chi connectivity index (χ3n) is 3.13. The van der Waals surface area contributed by atoms with Crippen molar-refractivity contribution in [2.75, 3.05) is 13.7 Å². The first kappa shape index (κ1) is 18.8. The minimum absolute atomic E-state index is 0.160. The highest BCUT2D eigenvalue weighted by atomic mass is 16.9. The molecule has 0 aliphatic carbocycles. The fourth-order valence-corrected chi connectivity index (χ4v) is 1.91. The molecule has 8 heteroatoms. The summed E-state index contributed by atoms with van der Waals surface area (Å²) in [5.41, 5.74) is 0. The highest BCUT2D eigenvalue weighted by Crippen LogP contribution is 2.17. The monoisotopic (exact) mass is 293 g/mol. The van der Waals surface area contributed by atoms with Crippen LogP contribution in [0.1, 0.15) is 27.2 Å². The number of nitrogens with one attached hydrogen (secondary N) is 2. The third kappa shape index (κ3) is 5.83. The first-order chi connectivity index (χ1) is 9.24. The van der Waals surface area contributed by atoms with Gasteiger partial charge in [0, 0.05) is 0 Å². The highest BCUT2D eigenvalue weighted by Gasteiger charge is 2.34. The summed E-state index contributed by atoms with van der Waals surface area (Å²) in [5, 5.41) is 30.4. The lowest BCUT2D eigenvalue weighted by molar-refractivity contribution is -1.23. The number of carbonyl (C=O) groups is 2. The van der Waals surface area contributed by atoms with Gasteiger partial charge in [0.15, 0.2) is 0 Å². The summed E-state index contributed by atoms with van der Waals surface area (Å²) in [4.78, 5) is 27.2. The number of hydrogen-bond donors (Lipinski definition) is 5. The van der Waals surface area contributed by atoms with Gasteiger partial charge in [-0.2, -0.15) is 10.0 Å². The van der Waals surface area contributed by atoms with E-state index in [2.05, 4.69) is 10.2 Å². The van der Waals surface area contributed by atoms with Crippen molar-refractivity contribution in [1.29, 1.82) is 0 Å². The molecule has 0 heterocycles. The lowest BCUT2D eigenvalue weighted by Gasteiger charge is -2.30. The summed E-state index contributed by atoms with van der Waals surface area (Å²) in [6, 6.07) is -0.715. The van der Waals surface area contributed by atoms with Crippen molar-refractivity contribution >= 4 is 11.9 Å². The molecule has 0 aromatic heterocycles. The van der Waals surface area contributed by atoms with Crippen LogP contribution in [0.15, 0.2) is 0 Å². The van der Waals surface area contributed by atoms with E-state index < -0.39 is 35.2 Å². The molecule has 1 amide bonds. The van der Waals surface area contributed by atoms with E-state index in [0.717, 1.165) is 0 Å². The Morgan fingerprint density at radius 2 is 1.90 bits per heavy atom. The zero-order valence-electron chi connectivity index (χ0n) is 12.3. The Morgan fingerprint density at radius 1 is 1.35 bits per heavy atom. The molecule has 0 aromatic rings. The summed E-state index contributed by atoms with van der Waals surface area (Å²) in [7, 11) is 1.23. The van der Waals surface area contributed by atoms with Crippen molar-refractivity contribution < 1.29 is 35.1 Å². The molecule has 0 saturated heterocycles. The highest BCUT2D eigenvalue weighted by molar-refractivity contribution is 5.77. The summed E-state index contributed by atoms with van der Waals surface area (Å²) in [5.74, 6) is -2.76. The fourth-order valence-electron chi connectivity index (χ4n) is 1.91. The summed E-state index contributed by atoms with van der Waals surface area (Å²) in [6.07, 6.45) is -0.948. The molecule has 20 heavy (non-hydrogen) atoms. The van der Waals surface area contributed by atoms with Gasteiger partial charge in [0.25, 0.3) is 5.91 Å². The second-order valence-electron chi connectivity index (χ2n) is 4.96. The van der Waals surface area contributed by atoms with Crippen LogP contribution in [0.4, 0.5) is 0 Å². The van der Waals surface area contributed by atoms with Crippen LogP contribution in [-0.4, -0.2) is 53.1 Å². The third-order valence-corrected chi connectivity index (χ3v) is 3.13. The van der Waals surface area contributed by atoms with Crippen molar-refractivity contribution in [1.82, 2.24) is 5.32 Å². The Hall–Kier alpha value is -1.22. The molecule has 0 saturated carbocycles. The second-order valence-corrected chi connectivity index (χ2v) is 4.96. The predicted octanol–water partition coefficient (Wildman–Crippen LogP) is -1.57. The zero-order chi connectivity index (χ0) is 15.9. The van der Waals surface area contributed by atoms with Gasteiger partial charge in [-0.05, 0) is 17.6 Å². The normalized spacial score (nSPS) is 17.4. The lowest BCUT2D eigenvalue weighted by atomic mass is 9.88. The van der Waals surface area contributed by atoms with Crippen LogP contribution in [0.3, 0.4) is 0 Å². The van der Waals surface area contributed by atoms with Crippen molar-refractivity contribution in [3.63, 3.8) is 0 Å². The molecule has 4 unspecified atom stereocenters. The van der Waals surface area contributed by atoms with Gasteiger partial charge in [0.05, 0.1) is 25.2 Å². The molecule has 0 aromatic carbocycles. The van der Waals surface area contributed by atoms with E-state index >= 15 is 0 Å². The molecule has 8 nitrogen and oxygen atoms in total. The number of carboxylic acid groups (broad SMARTS) is 1. The van der Waals surface area contributed by atoms with Gasteiger partial charge in [0.2, 0.25) is 6.54 Å². The van der Waals surface area contributed by atoms with Gasteiger partial charge in [-0.15, -0.1) is 0 Å². The molecule has 0 spiro atoms. The number of rotatable bonds is 9. The molecular weight excluding hydrogens is 268 g/mol. The Morgan fingerprint density at radius 3 is 2.25 bits per heavy atom. The molecule has 0 aliphatic heterocycles. The van der Waals surface area contributed by atoms with E-state index in [4.69, 9.17) is 10.3 Å². The molecule has 0 aliphatic rings. The number of aliphatic carboxylic acids is 1. The molecule has 118 valence electrons. The van der Waals surface area contributed by atoms with Crippen molar-refractivity contribution in [2.24, 2.45) is 11.8 Å². The van der Waals surface area contributed by atoms with Crippen LogP contribution in [-0.2, 0) is 14.4 Å². The number of hydroxylamine groups is 2. The Balaban J connectivity index is 4.80. The maximum atomic E-state index is 11.7. The maximum Gasteiger partial charge on any atom is 0.309 e. The average molecular weight is 293 g/mol. The lowest BCUT2D eigenvalue weighted by Crippen LogP contribution is -3.09. The molecule has 4 atom stereocenters. The van der Waals surface area contributed by atoms with Gasteiger partial charge >= 0.3 is 5.97 Å². The van der Waals surface area contributed by atoms with Gasteiger partial charge in [-0.25, -0.2) is 0 Å². The Bertz CT molecular complexity index is 323. The van der Waals surface area contributed by atoms with E-state index in [-0.39, 0.29) is 18.9 Å². The maximum absolute atomic E-state index is 11.7. The first-order valence-electron chi connectivity index (χ1n) is 6.53. The number of amides is 1. The topological polar surface area (TPSA) is 121 Å². The van der Waals surface area contributed by atoms with Gasteiger partial charge in [0.1, 0.15) is 0 Å². The van der Waals surface area contributed by atoms with Crippen LogP contribution in [0.25, 0.3) is 0 Å². The number of aliphatic hydroxyl groups excluding tert-OH is 1. The van der Waals surface area contributed by atoms with E-state index in [1.54, 1.807) is 20.8 Å². The van der Waals surface area contributed by atoms with Gasteiger partial charge in [-0.3, -0.25) is 9.59 Å². The van der Waals surface area contributed by atoms with E-state index in [1.807, 2.05) is 0 Å². The zero-order valence-corrected chi connectivity index (χ0v) is 12.3. The standard InChI is InChI=1S/C12H24N2O6/c1-5-8(12(17)18)11(16)10(7(2)3)13-9(15)6-14(19)20-4/h7-8,10-11,16,19H,5-6H2,1-4H3,(H,13,15)(H,17,18)/p+1. The van der Waals surface area contributed by atoms with E-state index in [0.29, 0.717) is 0 Å². The van der Waals surface area contributed by atoms with Crippen molar-refractivity contribution in [3.05, 3.63) is 0 Å².